The predicted molar refractivity (Wildman–Crippen MR) is 130 cm³/mol. The van der Waals surface area contributed by atoms with Crippen LogP contribution in [0.15, 0.2) is 47.4 Å². The van der Waals surface area contributed by atoms with E-state index in [0.717, 1.165) is 38.0 Å². The van der Waals surface area contributed by atoms with Crippen LogP contribution in [-0.4, -0.2) is 50.8 Å². The summed E-state index contributed by atoms with van der Waals surface area (Å²) in [4.78, 5) is 41.6. The van der Waals surface area contributed by atoms with Crippen LogP contribution in [0, 0.1) is 17.0 Å². The van der Waals surface area contributed by atoms with Gasteiger partial charge in [0.15, 0.2) is 5.78 Å². The molecular formula is C25H29N5O4. The number of benzene rings is 2. The summed E-state index contributed by atoms with van der Waals surface area (Å²) in [6, 6.07) is 11.0. The first-order valence-corrected chi connectivity index (χ1v) is 11.5. The van der Waals surface area contributed by atoms with Crippen LogP contribution in [-0.2, 0) is 13.1 Å². The molecule has 0 bridgehead atoms. The van der Waals surface area contributed by atoms with E-state index in [9.17, 15) is 19.7 Å². The Labute approximate surface area is 197 Å². The highest BCUT2D eigenvalue weighted by Crippen LogP contribution is 2.20. The molecule has 1 aliphatic heterocycles. The van der Waals surface area contributed by atoms with Gasteiger partial charge in [0.2, 0.25) is 0 Å². The molecule has 178 valence electrons. The number of carbonyl (C=O) groups is 1. The van der Waals surface area contributed by atoms with E-state index < -0.39 is 0 Å². The van der Waals surface area contributed by atoms with Crippen LogP contribution < -0.4 is 10.9 Å². The molecule has 0 atom stereocenters. The zero-order chi connectivity index (χ0) is 24.2. The molecule has 0 radical (unpaired) electrons. The molecule has 3 aromatic rings. The van der Waals surface area contributed by atoms with E-state index in [4.69, 9.17) is 0 Å². The Kier molecular flexibility index (Phi) is 7.14. The van der Waals surface area contributed by atoms with Crippen molar-refractivity contribution in [1.29, 1.82) is 0 Å². The fourth-order valence-electron chi connectivity index (χ4n) is 4.44. The zero-order valence-electron chi connectivity index (χ0n) is 19.5. The second-order valence-electron chi connectivity index (χ2n) is 8.88. The Morgan fingerprint density at radius 2 is 1.94 bits per heavy atom. The van der Waals surface area contributed by atoms with Gasteiger partial charge in [-0.1, -0.05) is 12.1 Å². The number of likely N-dealkylation sites (tertiary alicyclic amines) is 1. The largest absolute Gasteiger partial charge is 0.310 e. The van der Waals surface area contributed by atoms with Crippen LogP contribution in [0.2, 0.25) is 0 Å². The Morgan fingerprint density at radius 1 is 1.18 bits per heavy atom. The van der Waals surface area contributed by atoms with Gasteiger partial charge >= 0.3 is 0 Å². The van der Waals surface area contributed by atoms with Gasteiger partial charge in [0.1, 0.15) is 0 Å². The van der Waals surface area contributed by atoms with E-state index in [2.05, 4.69) is 15.2 Å². The van der Waals surface area contributed by atoms with E-state index in [1.165, 1.54) is 13.1 Å². The summed E-state index contributed by atoms with van der Waals surface area (Å²) in [5.74, 6) is -0.0421. The lowest BCUT2D eigenvalue weighted by molar-refractivity contribution is -0.385. The molecule has 1 aliphatic rings. The summed E-state index contributed by atoms with van der Waals surface area (Å²) < 4.78 is 1.70. The van der Waals surface area contributed by atoms with E-state index in [1.54, 1.807) is 41.8 Å². The van der Waals surface area contributed by atoms with Gasteiger partial charge in [-0.25, -0.2) is 4.98 Å². The number of fused-ring (bicyclic) bond motifs is 1. The lowest BCUT2D eigenvalue weighted by Crippen LogP contribution is -2.43. The summed E-state index contributed by atoms with van der Waals surface area (Å²) in [7, 11) is 0. The topological polar surface area (TPSA) is 110 Å². The minimum atomic E-state index is -0.338. The van der Waals surface area contributed by atoms with Gasteiger partial charge in [-0.15, -0.1) is 0 Å². The quantitative estimate of drug-likeness (QED) is 0.310. The number of ketones is 1. The minimum Gasteiger partial charge on any atom is -0.310 e. The number of piperidine rings is 1. The Bertz CT molecular complexity index is 1280. The number of carbonyl (C=O) groups excluding carboxylic acids is 1. The van der Waals surface area contributed by atoms with Gasteiger partial charge in [-0.05, 0) is 63.5 Å². The Morgan fingerprint density at radius 3 is 2.65 bits per heavy atom. The number of Topliss-reactive ketones (excluding diaryl/α,β-unsaturated/α-hetero) is 1. The molecule has 0 aliphatic carbocycles. The SMILES string of the molecule is CC(=O)c1ccc2ncc(=O)n(CCN3CCC(NCc4ccc(C)c([N+](=O)[O-])c4)CC3)c2c1. The van der Waals surface area contributed by atoms with E-state index in [-0.39, 0.29) is 22.0 Å². The average Bonchev–Trinajstić information content (AvgIpc) is 2.83. The number of nitrogens with zero attached hydrogens (tertiary/aromatic N) is 4. The number of aromatic nitrogens is 2. The molecular weight excluding hydrogens is 434 g/mol. The zero-order valence-corrected chi connectivity index (χ0v) is 19.5. The summed E-state index contributed by atoms with van der Waals surface area (Å²) in [6.45, 7) is 6.94. The molecule has 1 saturated heterocycles. The van der Waals surface area contributed by atoms with E-state index in [1.807, 2.05) is 6.07 Å². The molecule has 1 aromatic heterocycles. The molecule has 1 fully saturated rings. The van der Waals surface area contributed by atoms with Gasteiger partial charge in [0, 0.05) is 42.9 Å². The smallest absolute Gasteiger partial charge is 0.272 e. The van der Waals surface area contributed by atoms with Crippen molar-refractivity contribution < 1.29 is 9.72 Å². The molecule has 0 saturated carbocycles. The molecule has 2 heterocycles. The highest BCUT2D eigenvalue weighted by molar-refractivity contribution is 5.97. The molecule has 34 heavy (non-hydrogen) atoms. The monoisotopic (exact) mass is 463 g/mol. The normalized spacial score (nSPS) is 15.0. The summed E-state index contributed by atoms with van der Waals surface area (Å²) >= 11 is 0. The van der Waals surface area contributed by atoms with Crippen LogP contribution in [0.25, 0.3) is 11.0 Å². The lowest BCUT2D eigenvalue weighted by atomic mass is 10.0. The molecule has 0 spiro atoms. The third-order valence-electron chi connectivity index (χ3n) is 6.55. The number of aryl methyl sites for hydroxylation is 1. The standard InChI is InChI=1S/C25H29N5O4/c1-17-3-4-19(13-23(17)30(33)34)15-26-21-7-9-28(10-8-21)11-12-29-24-14-20(18(2)31)5-6-22(24)27-16-25(29)32/h3-6,13-14,16,21,26H,7-12,15H2,1-2H3. The first kappa shape index (κ1) is 23.7. The maximum atomic E-state index is 12.5. The predicted octanol–water partition coefficient (Wildman–Crippen LogP) is 3.07. The number of nitro benzene ring substituents is 1. The van der Waals surface area contributed by atoms with Crippen molar-refractivity contribution in [1.82, 2.24) is 19.8 Å². The van der Waals surface area contributed by atoms with Crippen molar-refractivity contribution in [3.63, 3.8) is 0 Å². The van der Waals surface area contributed by atoms with E-state index >= 15 is 0 Å². The van der Waals surface area contributed by atoms with Crippen molar-refractivity contribution in [3.05, 3.63) is 79.8 Å². The molecule has 2 aromatic carbocycles. The van der Waals surface area contributed by atoms with Crippen LogP contribution in [0.1, 0.15) is 41.3 Å². The van der Waals surface area contributed by atoms with Crippen molar-refractivity contribution in [2.45, 2.75) is 45.8 Å². The highest BCUT2D eigenvalue weighted by atomic mass is 16.6. The maximum Gasteiger partial charge on any atom is 0.272 e. The number of hydrogen-bond donors (Lipinski definition) is 1. The van der Waals surface area contributed by atoms with Crippen LogP contribution in [0.5, 0.6) is 0 Å². The van der Waals surface area contributed by atoms with Crippen LogP contribution in [0.4, 0.5) is 5.69 Å². The molecule has 0 amide bonds. The average molecular weight is 464 g/mol. The van der Waals surface area contributed by atoms with Crippen LogP contribution >= 0.6 is 0 Å². The highest BCUT2D eigenvalue weighted by Gasteiger charge is 2.20. The van der Waals surface area contributed by atoms with Gasteiger partial charge in [0.05, 0.1) is 22.2 Å². The van der Waals surface area contributed by atoms with Crippen molar-refractivity contribution in [3.8, 4) is 0 Å². The van der Waals surface area contributed by atoms with Crippen molar-refractivity contribution >= 4 is 22.5 Å². The second-order valence-corrected chi connectivity index (χ2v) is 8.88. The second kappa shape index (κ2) is 10.2. The third kappa shape index (κ3) is 5.37. The van der Waals surface area contributed by atoms with Crippen molar-refractivity contribution in [2.24, 2.45) is 0 Å². The van der Waals surface area contributed by atoms with E-state index in [0.29, 0.717) is 41.3 Å². The summed E-state index contributed by atoms with van der Waals surface area (Å²) in [5.41, 5.74) is 3.52. The molecule has 0 unspecified atom stereocenters. The summed E-state index contributed by atoms with van der Waals surface area (Å²) in [5, 5.41) is 14.7. The maximum absolute atomic E-state index is 12.5. The van der Waals surface area contributed by atoms with Crippen LogP contribution in [0.3, 0.4) is 0 Å². The van der Waals surface area contributed by atoms with Gasteiger partial charge < -0.3 is 14.8 Å². The molecule has 4 rings (SSSR count). The van der Waals surface area contributed by atoms with Gasteiger partial charge in [0.25, 0.3) is 11.2 Å². The fraction of sp³-hybridized carbons (Fsp3) is 0.400. The lowest BCUT2D eigenvalue weighted by Gasteiger charge is -2.32. The third-order valence-corrected chi connectivity index (χ3v) is 6.55. The molecule has 9 heteroatoms. The first-order valence-electron chi connectivity index (χ1n) is 11.5. The number of rotatable bonds is 8. The summed E-state index contributed by atoms with van der Waals surface area (Å²) in [6.07, 6.45) is 3.27. The molecule has 9 nitrogen and oxygen atoms in total. The van der Waals surface area contributed by atoms with Gasteiger partial charge in [-0.3, -0.25) is 19.7 Å². The first-order chi connectivity index (χ1) is 16.3. The number of hydrogen-bond acceptors (Lipinski definition) is 7. The Hall–Kier alpha value is -3.43. The minimum absolute atomic E-state index is 0.0421. The Balaban J connectivity index is 1.32. The van der Waals surface area contributed by atoms with Crippen molar-refractivity contribution in [2.75, 3.05) is 19.6 Å². The fourth-order valence-corrected chi connectivity index (χ4v) is 4.44. The number of nitro groups is 1. The molecule has 1 N–H and O–H groups in total. The van der Waals surface area contributed by atoms with Gasteiger partial charge in [-0.2, -0.15) is 0 Å². The number of nitrogens with one attached hydrogen (secondary N) is 1.